The Hall–Kier alpha value is -1.98. The molecule has 0 aliphatic heterocycles. The van der Waals surface area contributed by atoms with Gasteiger partial charge in [0.2, 0.25) is 0 Å². The van der Waals surface area contributed by atoms with Crippen molar-refractivity contribution in [3.05, 3.63) is 35.9 Å². The zero-order chi connectivity index (χ0) is 23.2. The molecule has 1 saturated carbocycles. The molecular weight excluding hydrogens is 429 g/mol. The smallest absolute Gasteiger partial charge is 0.409 e. The predicted molar refractivity (Wildman–Crippen MR) is 122 cm³/mol. The lowest BCUT2D eigenvalue weighted by Crippen LogP contribution is -2.36. The Labute approximate surface area is 193 Å². The summed E-state index contributed by atoms with van der Waals surface area (Å²) in [6.07, 6.45) is 7.16. The first-order valence-corrected chi connectivity index (χ1v) is 12.2. The molecule has 0 radical (unpaired) electrons. The summed E-state index contributed by atoms with van der Waals surface area (Å²) in [5.41, 5.74) is 0.954. The number of unbranched alkanes of at least 4 members (excludes halogenated alkanes) is 1. The molecule has 0 bridgehead atoms. The van der Waals surface area contributed by atoms with E-state index in [0.717, 1.165) is 56.9 Å². The number of hydrogen-bond donors (Lipinski definition) is 0. The Balaban J connectivity index is 1.92. The van der Waals surface area contributed by atoms with Gasteiger partial charge in [-0.25, -0.2) is 9.36 Å². The van der Waals surface area contributed by atoms with E-state index < -0.39 is 0 Å². The molecule has 0 N–H and O–H groups in total. The Kier molecular flexibility index (Phi) is 12.3. The monoisotopic (exact) mass is 465 g/mol. The van der Waals surface area contributed by atoms with Crippen molar-refractivity contribution in [2.45, 2.75) is 58.0 Å². The fourth-order valence-corrected chi connectivity index (χ4v) is 4.83. The highest BCUT2D eigenvalue weighted by atomic mass is 31.1. The Morgan fingerprint density at radius 1 is 1.12 bits per heavy atom. The van der Waals surface area contributed by atoms with Gasteiger partial charge in [-0.2, -0.15) is 0 Å². The highest BCUT2D eigenvalue weighted by Crippen LogP contribution is 2.39. The van der Waals surface area contributed by atoms with Crippen LogP contribution in [0.15, 0.2) is 30.3 Å². The van der Waals surface area contributed by atoms with Crippen LogP contribution in [-0.4, -0.2) is 44.3 Å². The van der Waals surface area contributed by atoms with Crippen LogP contribution in [0, 0.1) is 17.8 Å². The van der Waals surface area contributed by atoms with Gasteiger partial charge in [0.15, 0.2) is 0 Å². The van der Waals surface area contributed by atoms with E-state index in [2.05, 4.69) is 0 Å². The number of hydrogen-bond acceptors (Lipinski definition) is 6. The number of benzene rings is 1. The summed E-state index contributed by atoms with van der Waals surface area (Å²) in [7, 11) is 2.92. The number of carbonyl (C=O) groups excluding carboxylic acids is 2. The van der Waals surface area contributed by atoms with Crippen LogP contribution in [-0.2, 0) is 30.0 Å². The quantitative estimate of drug-likeness (QED) is 0.213. The molecule has 1 amide bonds. The van der Waals surface area contributed by atoms with Crippen molar-refractivity contribution in [2.24, 2.45) is 17.8 Å². The number of methoxy groups -OCH3 is 1. The number of ether oxygens (including phenoxy) is 2. The maximum Gasteiger partial charge on any atom is 0.409 e. The molecule has 3 atom stereocenters. The summed E-state index contributed by atoms with van der Waals surface area (Å²) in [6.45, 7) is 1.27. The molecule has 1 aliphatic carbocycles. The molecule has 1 aliphatic rings. The van der Waals surface area contributed by atoms with Crippen LogP contribution >= 0.6 is 8.69 Å². The molecule has 3 unspecified atom stereocenters. The van der Waals surface area contributed by atoms with Gasteiger partial charge in [0.25, 0.3) is 0 Å². The number of rotatable bonds is 13. The summed E-state index contributed by atoms with van der Waals surface area (Å²) in [4.78, 5) is 26.5. The van der Waals surface area contributed by atoms with Crippen LogP contribution in [0.1, 0.15) is 56.9 Å². The van der Waals surface area contributed by atoms with Crippen LogP contribution in [0.2, 0.25) is 0 Å². The number of amides is 1. The van der Waals surface area contributed by atoms with Crippen molar-refractivity contribution in [1.82, 2.24) is 4.90 Å². The molecule has 0 saturated heterocycles. The second kappa shape index (κ2) is 15.0. The fourth-order valence-electron chi connectivity index (χ4n) is 4.63. The minimum absolute atomic E-state index is 0.0782. The molecule has 1 fully saturated rings. The standard InChI is InChI=1S/C24H36NO6P/c1-25(24(27)30-18-19-10-4-3-5-11-19)16-15-20(12-8-9-17-31-32-28)21-13-6-7-14-22(21)23(26)29-2/h3-5,10-11,20-22H,6-9,12-18H2,1-2H3. The van der Waals surface area contributed by atoms with E-state index in [1.165, 1.54) is 7.11 Å². The van der Waals surface area contributed by atoms with Crippen LogP contribution in [0.5, 0.6) is 0 Å². The van der Waals surface area contributed by atoms with Gasteiger partial charge in [0.1, 0.15) is 6.61 Å². The highest BCUT2D eigenvalue weighted by molar-refractivity contribution is 7.17. The van der Waals surface area contributed by atoms with Gasteiger partial charge < -0.3 is 14.4 Å². The van der Waals surface area contributed by atoms with Crippen molar-refractivity contribution < 1.29 is 28.2 Å². The molecular formula is C24H36NO6P. The zero-order valence-electron chi connectivity index (χ0n) is 19.2. The summed E-state index contributed by atoms with van der Waals surface area (Å²) in [5, 5.41) is 0. The van der Waals surface area contributed by atoms with Gasteiger partial charge in [-0.05, 0) is 43.1 Å². The third kappa shape index (κ3) is 8.87. The number of carbonyl (C=O) groups is 2. The van der Waals surface area contributed by atoms with Crippen molar-refractivity contribution in [3.63, 3.8) is 0 Å². The van der Waals surface area contributed by atoms with Crippen LogP contribution in [0.4, 0.5) is 4.79 Å². The largest absolute Gasteiger partial charge is 0.469 e. The van der Waals surface area contributed by atoms with Crippen LogP contribution in [0.3, 0.4) is 0 Å². The van der Waals surface area contributed by atoms with Gasteiger partial charge in [-0.1, -0.05) is 56.0 Å². The van der Waals surface area contributed by atoms with E-state index in [0.29, 0.717) is 19.1 Å². The van der Waals surface area contributed by atoms with E-state index in [4.69, 9.17) is 14.0 Å². The molecule has 178 valence electrons. The molecule has 2 rings (SSSR count). The molecule has 0 heterocycles. The fraction of sp³-hybridized carbons (Fsp3) is 0.667. The molecule has 8 heteroatoms. The van der Waals surface area contributed by atoms with Crippen molar-refractivity contribution in [1.29, 1.82) is 0 Å². The van der Waals surface area contributed by atoms with Gasteiger partial charge in [0.05, 0.1) is 19.6 Å². The highest BCUT2D eigenvalue weighted by Gasteiger charge is 2.36. The minimum atomic E-state index is -0.344. The van der Waals surface area contributed by atoms with E-state index >= 15 is 0 Å². The topological polar surface area (TPSA) is 82.1 Å². The summed E-state index contributed by atoms with van der Waals surface area (Å²) in [5.74, 6) is 0.353. The average Bonchev–Trinajstić information content (AvgIpc) is 2.84. The third-order valence-corrected chi connectivity index (χ3v) is 6.68. The summed E-state index contributed by atoms with van der Waals surface area (Å²) >= 11 is 0. The second-order valence-electron chi connectivity index (χ2n) is 8.49. The Bertz CT molecular complexity index is 701. The van der Waals surface area contributed by atoms with Crippen molar-refractivity contribution in [2.75, 3.05) is 27.3 Å². The van der Waals surface area contributed by atoms with Crippen LogP contribution in [0.25, 0.3) is 0 Å². The zero-order valence-corrected chi connectivity index (χ0v) is 20.1. The first-order chi connectivity index (χ1) is 15.6. The molecule has 32 heavy (non-hydrogen) atoms. The van der Waals surface area contributed by atoms with Gasteiger partial charge in [-0.15, -0.1) is 0 Å². The lowest BCUT2D eigenvalue weighted by atomic mass is 9.70. The molecule has 7 nitrogen and oxygen atoms in total. The molecule has 0 aromatic heterocycles. The van der Waals surface area contributed by atoms with Gasteiger partial charge in [0, 0.05) is 13.6 Å². The average molecular weight is 466 g/mol. The SMILES string of the molecule is COC(=O)C1CCCCC1C(CCCCOP=O)CCN(C)C(=O)OCc1ccccc1. The molecule has 1 aromatic carbocycles. The van der Waals surface area contributed by atoms with Gasteiger partial charge >= 0.3 is 20.7 Å². The molecule has 1 aromatic rings. The minimum Gasteiger partial charge on any atom is -0.469 e. The van der Waals surface area contributed by atoms with E-state index in [1.807, 2.05) is 30.3 Å². The Morgan fingerprint density at radius 3 is 2.59 bits per heavy atom. The lowest BCUT2D eigenvalue weighted by molar-refractivity contribution is -0.149. The third-order valence-electron chi connectivity index (χ3n) is 6.39. The summed E-state index contributed by atoms with van der Waals surface area (Å²) in [6, 6.07) is 9.61. The van der Waals surface area contributed by atoms with Gasteiger partial charge in [-0.3, -0.25) is 9.32 Å². The first-order valence-electron chi connectivity index (χ1n) is 11.5. The number of esters is 1. The maximum atomic E-state index is 12.4. The maximum absolute atomic E-state index is 12.4. The summed E-state index contributed by atoms with van der Waals surface area (Å²) < 4.78 is 25.9. The second-order valence-corrected chi connectivity index (χ2v) is 8.90. The number of nitrogens with zero attached hydrogens (tertiary/aromatic N) is 1. The van der Waals surface area contributed by atoms with Crippen molar-refractivity contribution in [3.8, 4) is 0 Å². The van der Waals surface area contributed by atoms with E-state index in [1.54, 1.807) is 11.9 Å². The predicted octanol–water partition coefficient (Wildman–Crippen LogP) is 5.63. The van der Waals surface area contributed by atoms with Crippen LogP contribution < -0.4 is 0 Å². The first kappa shape index (κ1) is 26.3. The van der Waals surface area contributed by atoms with E-state index in [9.17, 15) is 14.2 Å². The molecule has 0 spiro atoms. The Morgan fingerprint density at radius 2 is 1.88 bits per heavy atom. The lowest BCUT2D eigenvalue weighted by Gasteiger charge is -2.36. The van der Waals surface area contributed by atoms with E-state index in [-0.39, 0.29) is 39.2 Å². The van der Waals surface area contributed by atoms with Crippen molar-refractivity contribution >= 4 is 20.7 Å². The normalized spacial score (nSPS) is 19.3.